The van der Waals surface area contributed by atoms with Crippen LogP contribution in [0.25, 0.3) is 0 Å². The number of hydrogen-bond donors (Lipinski definition) is 2. The number of para-hydroxylation sites is 1. The summed E-state index contributed by atoms with van der Waals surface area (Å²) in [4.78, 5) is 11.4. The molecule has 164 valence electrons. The molecule has 0 aliphatic carbocycles. The summed E-state index contributed by atoms with van der Waals surface area (Å²) < 4.78 is 2.17. The molecule has 1 fully saturated rings. The number of benzene rings is 2. The molecule has 1 unspecified atom stereocenters. The first kappa shape index (κ1) is 23.1. The van der Waals surface area contributed by atoms with Crippen molar-refractivity contribution < 1.29 is 0 Å². The molecule has 1 aromatic heterocycles. The first-order valence-corrected chi connectivity index (χ1v) is 10.6. The van der Waals surface area contributed by atoms with Gasteiger partial charge in [0.2, 0.25) is 0 Å². The Morgan fingerprint density at radius 2 is 1.84 bits per heavy atom. The zero-order valence-electron chi connectivity index (χ0n) is 17.9. The Morgan fingerprint density at radius 3 is 2.58 bits per heavy atom. The molecule has 2 heterocycles. The predicted molar refractivity (Wildman–Crippen MR) is 138 cm³/mol. The van der Waals surface area contributed by atoms with Gasteiger partial charge >= 0.3 is 0 Å². The molecule has 3 aromatic rings. The molecule has 6 nitrogen and oxygen atoms in total. The van der Waals surface area contributed by atoms with E-state index >= 15 is 0 Å². The number of halogens is 1. The van der Waals surface area contributed by atoms with Gasteiger partial charge in [0.05, 0.1) is 6.54 Å². The maximum atomic E-state index is 4.53. The fourth-order valence-electron chi connectivity index (χ4n) is 3.95. The Balaban J connectivity index is 0.00000272. The molecule has 0 bridgehead atoms. The molecule has 1 atom stereocenters. The maximum absolute atomic E-state index is 4.53. The number of rotatable bonds is 6. The first-order chi connectivity index (χ1) is 14.8. The van der Waals surface area contributed by atoms with Crippen LogP contribution in [0.3, 0.4) is 0 Å². The van der Waals surface area contributed by atoms with Crippen LogP contribution in [0.4, 0.5) is 5.69 Å². The summed E-state index contributed by atoms with van der Waals surface area (Å²) in [7, 11) is 1.82. The zero-order chi connectivity index (χ0) is 20.6. The van der Waals surface area contributed by atoms with Gasteiger partial charge in [-0.3, -0.25) is 4.99 Å². The second kappa shape index (κ2) is 11.7. The van der Waals surface area contributed by atoms with E-state index in [1.807, 2.05) is 25.5 Å². The maximum Gasteiger partial charge on any atom is 0.191 e. The zero-order valence-corrected chi connectivity index (χ0v) is 20.3. The molecule has 2 aromatic carbocycles. The highest BCUT2D eigenvalue weighted by Crippen LogP contribution is 2.19. The van der Waals surface area contributed by atoms with E-state index in [1.54, 1.807) is 0 Å². The lowest BCUT2D eigenvalue weighted by Gasteiger charge is -2.35. The lowest BCUT2D eigenvalue weighted by molar-refractivity contribution is 0.467. The van der Waals surface area contributed by atoms with E-state index in [0.717, 1.165) is 37.8 Å². The van der Waals surface area contributed by atoms with Crippen molar-refractivity contribution in [3.63, 3.8) is 0 Å². The van der Waals surface area contributed by atoms with Crippen LogP contribution in [0.1, 0.15) is 24.2 Å². The van der Waals surface area contributed by atoms with Crippen molar-refractivity contribution in [3.8, 4) is 0 Å². The predicted octanol–water partition coefficient (Wildman–Crippen LogP) is 3.88. The molecule has 0 spiro atoms. The van der Waals surface area contributed by atoms with Gasteiger partial charge in [-0.15, -0.1) is 24.0 Å². The fraction of sp³-hybridized carbons (Fsp3) is 0.333. The Morgan fingerprint density at radius 1 is 1.10 bits per heavy atom. The van der Waals surface area contributed by atoms with Crippen LogP contribution in [-0.4, -0.2) is 41.7 Å². The number of hydrogen-bond acceptors (Lipinski definition) is 3. The average Bonchev–Trinajstić information content (AvgIpc) is 3.25. The number of guanidine groups is 1. The van der Waals surface area contributed by atoms with E-state index in [0.29, 0.717) is 12.6 Å². The van der Waals surface area contributed by atoms with Crippen LogP contribution in [0.15, 0.2) is 78.0 Å². The number of piperidine rings is 1. The number of aromatic nitrogens is 2. The highest BCUT2D eigenvalue weighted by atomic mass is 127. The molecule has 7 heteroatoms. The van der Waals surface area contributed by atoms with E-state index in [9.17, 15) is 0 Å². The van der Waals surface area contributed by atoms with E-state index in [2.05, 4.69) is 84.7 Å². The standard InChI is InChI=1S/C24H30N6.HI/c1-25-24(28-21-11-8-15-29(19-21)22-12-6-3-7-13-22)27-17-23-26-14-16-30(23)18-20-9-4-2-5-10-20;/h2-7,9-10,12-14,16,21H,8,11,15,17-19H2,1H3,(H2,25,27,28);1H. The van der Waals surface area contributed by atoms with Gasteiger partial charge in [0.15, 0.2) is 5.96 Å². The number of anilines is 1. The van der Waals surface area contributed by atoms with Crippen LogP contribution >= 0.6 is 24.0 Å². The highest BCUT2D eigenvalue weighted by Gasteiger charge is 2.21. The van der Waals surface area contributed by atoms with Gasteiger partial charge in [0.25, 0.3) is 0 Å². The highest BCUT2D eigenvalue weighted by molar-refractivity contribution is 14.0. The Kier molecular flexibility index (Phi) is 8.75. The molecule has 1 aliphatic rings. The lowest BCUT2D eigenvalue weighted by Crippen LogP contribution is -2.51. The molecular weight excluding hydrogens is 499 g/mol. The summed E-state index contributed by atoms with van der Waals surface area (Å²) in [5.74, 6) is 1.82. The number of nitrogens with zero attached hydrogens (tertiary/aromatic N) is 4. The summed E-state index contributed by atoms with van der Waals surface area (Å²) in [5.41, 5.74) is 2.55. The molecule has 0 saturated carbocycles. The van der Waals surface area contributed by atoms with Gasteiger partial charge in [0, 0.05) is 50.8 Å². The molecule has 1 aliphatic heterocycles. The average molecular weight is 530 g/mol. The molecule has 4 rings (SSSR count). The second-order valence-electron chi connectivity index (χ2n) is 7.65. The monoisotopic (exact) mass is 530 g/mol. The second-order valence-corrected chi connectivity index (χ2v) is 7.65. The fourth-order valence-corrected chi connectivity index (χ4v) is 3.95. The summed E-state index contributed by atoms with van der Waals surface area (Å²) >= 11 is 0. The third kappa shape index (κ3) is 6.46. The van der Waals surface area contributed by atoms with Crippen molar-refractivity contribution in [2.45, 2.75) is 32.0 Å². The van der Waals surface area contributed by atoms with Crippen molar-refractivity contribution in [1.29, 1.82) is 0 Å². The van der Waals surface area contributed by atoms with Crippen molar-refractivity contribution in [3.05, 3.63) is 84.4 Å². The largest absolute Gasteiger partial charge is 0.369 e. The third-order valence-corrected chi connectivity index (χ3v) is 5.52. The van der Waals surface area contributed by atoms with E-state index in [4.69, 9.17) is 0 Å². The summed E-state index contributed by atoms with van der Waals surface area (Å²) in [6.45, 7) is 3.53. The summed E-state index contributed by atoms with van der Waals surface area (Å²) in [5, 5.41) is 7.03. The topological polar surface area (TPSA) is 57.5 Å². The lowest BCUT2D eigenvalue weighted by atomic mass is 10.1. The summed E-state index contributed by atoms with van der Waals surface area (Å²) in [6, 6.07) is 21.5. The van der Waals surface area contributed by atoms with Gasteiger partial charge < -0.3 is 20.1 Å². The minimum absolute atomic E-state index is 0. The Hall–Kier alpha value is -2.55. The third-order valence-electron chi connectivity index (χ3n) is 5.52. The Bertz CT molecular complexity index is 941. The Labute approximate surface area is 201 Å². The molecule has 0 radical (unpaired) electrons. The van der Waals surface area contributed by atoms with Crippen LogP contribution < -0.4 is 15.5 Å². The number of imidazole rings is 1. The van der Waals surface area contributed by atoms with Crippen LogP contribution in [0.2, 0.25) is 0 Å². The van der Waals surface area contributed by atoms with Crippen molar-refractivity contribution in [1.82, 2.24) is 20.2 Å². The SMILES string of the molecule is CN=C(NCc1nccn1Cc1ccccc1)NC1CCCN(c2ccccc2)C1.I. The smallest absolute Gasteiger partial charge is 0.191 e. The van der Waals surface area contributed by atoms with Crippen molar-refractivity contribution >= 4 is 35.6 Å². The van der Waals surface area contributed by atoms with Gasteiger partial charge in [-0.2, -0.15) is 0 Å². The molecule has 31 heavy (non-hydrogen) atoms. The van der Waals surface area contributed by atoms with Gasteiger partial charge in [-0.25, -0.2) is 4.98 Å². The van der Waals surface area contributed by atoms with Gasteiger partial charge in [0.1, 0.15) is 5.82 Å². The van der Waals surface area contributed by atoms with Gasteiger partial charge in [-0.05, 0) is 30.5 Å². The first-order valence-electron chi connectivity index (χ1n) is 10.6. The molecule has 0 amide bonds. The van der Waals surface area contributed by atoms with Crippen molar-refractivity contribution in [2.24, 2.45) is 4.99 Å². The van der Waals surface area contributed by atoms with E-state index in [-0.39, 0.29) is 24.0 Å². The van der Waals surface area contributed by atoms with Crippen LogP contribution in [-0.2, 0) is 13.1 Å². The minimum Gasteiger partial charge on any atom is -0.369 e. The normalized spacial score (nSPS) is 16.5. The van der Waals surface area contributed by atoms with Gasteiger partial charge in [-0.1, -0.05) is 48.5 Å². The molecule has 2 N–H and O–H groups in total. The molecule has 1 saturated heterocycles. The number of nitrogens with one attached hydrogen (secondary N) is 2. The van der Waals surface area contributed by atoms with E-state index in [1.165, 1.54) is 17.7 Å². The minimum atomic E-state index is 0. The van der Waals surface area contributed by atoms with Crippen LogP contribution in [0, 0.1) is 0 Å². The van der Waals surface area contributed by atoms with Crippen LogP contribution in [0.5, 0.6) is 0 Å². The molecular formula is C24H31IN6. The summed E-state index contributed by atoms with van der Waals surface area (Å²) in [6.07, 6.45) is 6.20. The number of aliphatic imine (C=N–C) groups is 1. The quantitative estimate of drug-likeness (QED) is 0.289. The van der Waals surface area contributed by atoms with Crippen molar-refractivity contribution in [2.75, 3.05) is 25.0 Å². The van der Waals surface area contributed by atoms with E-state index < -0.39 is 0 Å².